The second-order valence-corrected chi connectivity index (χ2v) is 14.9. The number of unbranched alkanes of at least 4 members (excludes halogenated alkanes) is 10. The molecule has 0 aromatic rings. The average molecular weight is 772 g/mol. The van der Waals surface area contributed by atoms with Gasteiger partial charge in [0.2, 0.25) is 0 Å². The molecule has 0 heterocycles. The van der Waals surface area contributed by atoms with E-state index >= 15 is 0 Å². The van der Waals surface area contributed by atoms with Crippen LogP contribution < -0.4 is 5.11 Å². The van der Waals surface area contributed by atoms with Crippen LogP contribution in [0, 0.1) is 0 Å². The topological polar surface area (TPSA) is 111 Å². The van der Waals surface area contributed by atoms with Crippen LogP contribution in [0.2, 0.25) is 0 Å². The first-order valence-corrected chi connectivity index (χ1v) is 21.1. The summed E-state index contributed by atoms with van der Waals surface area (Å²) >= 11 is 0. The number of rotatable bonds is 37. The van der Waals surface area contributed by atoms with Crippen molar-refractivity contribution in [1.29, 1.82) is 0 Å². The predicted octanol–water partition coefficient (Wildman–Crippen LogP) is 9.44. The predicted molar refractivity (Wildman–Crippen MR) is 223 cm³/mol. The Hall–Kier alpha value is -3.27. The highest BCUT2D eigenvalue weighted by atomic mass is 16.7. The summed E-state index contributed by atoms with van der Waals surface area (Å²) in [6.07, 6.45) is 42.4. The lowest BCUT2D eigenvalue weighted by Gasteiger charge is -2.26. The molecular weight excluding hydrogens is 695 g/mol. The van der Waals surface area contributed by atoms with Crippen LogP contribution in [0.15, 0.2) is 72.9 Å². The number of carbonyl (C=O) groups excluding carboxylic acids is 3. The molecule has 0 saturated heterocycles. The second-order valence-electron chi connectivity index (χ2n) is 14.9. The Labute approximate surface area is 335 Å². The zero-order chi connectivity index (χ0) is 40.7. The van der Waals surface area contributed by atoms with E-state index in [2.05, 4.69) is 74.6 Å². The molecule has 0 aliphatic heterocycles. The molecule has 0 bridgehead atoms. The van der Waals surface area contributed by atoms with Gasteiger partial charge in [-0.3, -0.25) is 9.59 Å². The molecular formula is C46H77NO8. The molecule has 0 saturated carbocycles. The minimum Gasteiger partial charge on any atom is -0.545 e. The lowest BCUT2D eigenvalue weighted by Crippen LogP contribution is -2.44. The highest BCUT2D eigenvalue weighted by Gasteiger charge is 2.21. The van der Waals surface area contributed by atoms with Gasteiger partial charge in [0.1, 0.15) is 13.2 Å². The summed E-state index contributed by atoms with van der Waals surface area (Å²) in [6.45, 7) is 4.47. The molecule has 9 heteroatoms. The molecule has 2 atom stereocenters. The van der Waals surface area contributed by atoms with E-state index in [1.807, 2.05) is 33.3 Å². The van der Waals surface area contributed by atoms with Gasteiger partial charge >= 0.3 is 11.9 Å². The van der Waals surface area contributed by atoms with Gasteiger partial charge in [-0.2, -0.15) is 0 Å². The van der Waals surface area contributed by atoms with Crippen molar-refractivity contribution in [1.82, 2.24) is 0 Å². The number of carbonyl (C=O) groups is 3. The summed E-state index contributed by atoms with van der Waals surface area (Å²) in [5.74, 6) is -2.42. The average Bonchev–Trinajstić information content (AvgIpc) is 3.14. The molecule has 55 heavy (non-hydrogen) atoms. The minimum absolute atomic E-state index is 0.121. The van der Waals surface area contributed by atoms with Crippen molar-refractivity contribution in [3.05, 3.63) is 72.9 Å². The molecule has 0 N–H and O–H groups in total. The number of hydrogen-bond acceptors (Lipinski definition) is 8. The minimum atomic E-state index is -1.64. The van der Waals surface area contributed by atoms with Crippen molar-refractivity contribution in [2.75, 3.05) is 47.5 Å². The van der Waals surface area contributed by atoms with Crippen LogP contribution in [-0.2, 0) is 33.3 Å². The number of nitrogens with zero attached hydrogens (tertiary/aromatic N) is 1. The van der Waals surface area contributed by atoms with E-state index in [1.54, 1.807) is 0 Å². The van der Waals surface area contributed by atoms with Gasteiger partial charge in [-0.25, -0.2) is 0 Å². The van der Waals surface area contributed by atoms with E-state index in [9.17, 15) is 19.5 Å². The summed E-state index contributed by atoms with van der Waals surface area (Å²) < 4.78 is 22.4. The van der Waals surface area contributed by atoms with E-state index in [-0.39, 0.29) is 38.6 Å². The zero-order valence-electron chi connectivity index (χ0n) is 35.3. The van der Waals surface area contributed by atoms with Crippen molar-refractivity contribution in [3.63, 3.8) is 0 Å². The first-order chi connectivity index (χ1) is 26.6. The molecule has 0 spiro atoms. The second kappa shape index (κ2) is 37.6. The van der Waals surface area contributed by atoms with E-state index in [1.165, 1.54) is 44.9 Å². The summed E-state index contributed by atoms with van der Waals surface area (Å²) in [6, 6.07) is 0. The van der Waals surface area contributed by atoms with Crippen LogP contribution in [0.5, 0.6) is 0 Å². The van der Waals surface area contributed by atoms with E-state index < -0.39 is 24.3 Å². The van der Waals surface area contributed by atoms with Gasteiger partial charge < -0.3 is 33.3 Å². The highest BCUT2D eigenvalue weighted by Crippen LogP contribution is 2.12. The molecule has 0 aliphatic rings. The molecule has 0 aromatic carbocycles. The first-order valence-electron chi connectivity index (χ1n) is 21.1. The third-order valence-corrected chi connectivity index (χ3v) is 8.45. The number of aliphatic carboxylic acids is 1. The largest absolute Gasteiger partial charge is 0.545 e. The molecule has 9 nitrogen and oxygen atoms in total. The number of ether oxygens (including phenoxy) is 4. The van der Waals surface area contributed by atoms with E-state index in [0.29, 0.717) is 17.4 Å². The number of esters is 2. The van der Waals surface area contributed by atoms with Crippen LogP contribution in [0.3, 0.4) is 0 Å². The third-order valence-electron chi connectivity index (χ3n) is 8.45. The van der Waals surface area contributed by atoms with Crippen LogP contribution in [0.25, 0.3) is 0 Å². The van der Waals surface area contributed by atoms with Crippen LogP contribution in [0.1, 0.15) is 142 Å². The number of likely N-dealkylation sites (N-methyl/N-ethyl adjacent to an activating group) is 1. The van der Waals surface area contributed by atoms with Crippen molar-refractivity contribution in [3.8, 4) is 0 Å². The maximum absolute atomic E-state index is 12.7. The standard InChI is InChI=1S/C46H77NO8/c1-6-8-10-12-14-16-18-20-21-22-23-25-26-28-30-32-34-36-43(48)53-40-42(41-54-46(45(50)51)52-39-38-47(3,4)5)55-44(49)37-35-33-31-29-27-24-19-17-15-13-11-9-7-2/h9,11,14-17,20-21,24,27,31,33,42,46H,6-8,10,12-13,18-19,22-23,25-26,28-30,32,34-41H2,1-5H3/b11-9-,16-14-,17-15-,21-20-,27-24-,33-31-. The summed E-state index contributed by atoms with van der Waals surface area (Å²) in [7, 11) is 5.87. The number of hydrogen-bond donors (Lipinski definition) is 0. The first kappa shape index (κ1) is 51.7. The smallest absolute Gasteiger partial charge is 0.306 e. The molecule has 0 aliphatic carbocycles. The molecule has 2 unspecified atom stereocenters. The van der Waals surface area contributed by atoms with Gasteiger partial charge in [-0.05, 0) is 70.6 Å². The van der Waals surface area contributed by atoms with Crippen molar-refractivity contribution < 1.29 is 42.9 Å². The fraction of sp³-hybridized carbons (Fsp3) is 0.674. The van der Waals surface area contributed by atoms with Crippen molar-refractivity contribution in [2.24, 2.45) is 0 Å². The monoisotopic (exact) mass is 772 g/mol. The number of quaternary nitrogens is 1. The van der Waals surface area contributed by atoms with Gasteiger partial charge in [0.25, 0.3) is 0 Å². The Morgan fingerprint density at radius 1 is 0.564 bits per heavy atom. The normalized spacial score (nSPS) is 13.7. The molecule has 0 rings (SSSR count). The highest BCUT2D eigenvalue weighted by molar-refractivity contribution is 5.70. The van der Waals surface area contributed by atoms with E-state index in [0.717, 1.165) is 64.2 Å². The quantitative estimate of drug-likeness (QED) is 0.0202. The maximum Gasteiger partial charge on any atom is 0.306 e. The maximum atomic E-state index is 12.7. The lowest BCUT2D eigenvalue weighted by atomic mass is 10.1. The van der Waals surface area contributed by atoms with Gasteiger partial charge in [-0.1, -0.05) is 132 Å². The Morgan fingerprint density at radius 3 is 1.62 bits per heavy atom. The van der Waals surface area contributed by atoms with E-state index in [4.69, 9.17) is 18.9 Å². The number of carboxylic acids is 1. The summed E-state index contributed by atoms with van der Waals surface area (Å²) in [4.78, 5) is 36.8. The van der Waals surface area contributed by atoms with Gasteiger partial charge in [0.05, 0.1) is 40.3 Å². The number of allylic oxidation sites excluding steroid dienone is 12. The van der Waals surface area contributed by atoms with Crippen LogP contribution in [0.4, 0.5) is 0 Å². The van der Waals surface area contributed by atoms with Gasteiger partial charge in [0.15, 0.2) is 12.4 Å². The number of carboxylic acid groups (broad SMARTS) is 1. The SMILES string of the molecule is CC/C=C\C/C=C\C/C=C\C/C=C\CCC(=O)OC(COC(=O)CCCCCCCCC/C=C\C/C=C\CCCCC)COC(OCC[N+](C)(C)C)C(=O)[O-]. The third kappa shape index (κ3) is 38.8. The van der Waals surface area contributed by atoms with Gasteiger partial charge in [-0.15, -0.1) is 0 Å². The molecule has 0 amide bonds. The molecule has 0 radical (unpaired) electrons. The van der Waals surface area contributed by atoms with Crippen LogP contribution >= 0.6 is 0 Å². The van der Waals surface area contributed by atoms with Crippen LogP contribution in [-0.4, -0.2) is 82.3 Å². The zero-order valence-corrected chi connectivity index (χ0v) is 35.3. The summed E-state index contributed by atoms with van der Waals surface area (Å²) in [5, 5.41) is 11.7. The Morgan fingerprint density at radius 2 is 1.07 bits per heavy atom. The molecule has 314 valence electrons. The van der Waals surface area contributed by atoms with Crippen molar-refractivity contribution in [2.45, 2.75) is 155 Å². The Balaban J connectivity index is 4.57. The fourth-order valence-corrected chi connectivity index (χ4v) is 5.16. The Kier molecular flexibility index (Phi) is 35.4. The molecule has 0 aromatic heterocycles. The van der Waals surface area contributed by atoms with Crippen molar-refractivity contribution >= 4 is 17.9 Å². The summed E-state index contributed by atoms with van der Waals surface area (Å²) in [5.41, 5.74) is 0. The fourth-order valence-electron chi connectivity index (χ4n) is 5.16. The van der Waals surface area contributed by atoms with Gasteiger partial charge in [0, 0.05) is 12.8 Å². The lowest BCUT2D eigenvalue weighted by molar-refractivity contribution is -0.870. The Bertz CT molecular complexity index is 1130. The molecule has 0 fully saturated rings.